The average molecular weight is 690 g/mol. The van der Waals surface area contributed by atoms with Crippen LogP contribution in [0.2, 0.25) is 0 Å². The maximum Gasteiger partial charge on any atom is 0.410 e. The molecule has 0 aliphatic carbocycles. The second kappa shape index (κ2) is 14.2. The van der Waals surface area contributed by atoms with Gasteiger partial charge in [-0.15, -0.1) is 0 Å². The number of benzene rings is 1. The van der Waals surface area contributed by atoms with Gasteiger partial charge in [-0.2, -0.15) is 14.6 Å². The number of halogens is 1. The van der Waals surface area contributed by atoms with Gasteiger partial charge in [0.2, 0.25) is 5.88 Å². The second-order valence-electron chi connectivity index (χ2n) is 14.1. The highest BCUT2D eigenvalue weighted by Crippen LogP contribution is 2.38. The summed E-state index contributed by atoms with van der Waals surface area (Å²) in [6, 6.07) is 11.6. The number of nitrogens with zero attached hydrogens (tertiary/aromatic N) is 6. The minimum Gasteiger partial charge on any atom is -0.472 e. The molecule has 4 aliphatic rings. The molecule has 4 saturated heterocycles. The van der Waals surface area contributed by atoms with Gasteiger partial charge in [-0.05, 0) is 50.0 Å². The number of carbonyl (C=O) groups is 3. The van der Waals surface area contributed by atoms with Crippen molar-refractivity contribution in [3.63, 3.8) is 0 Å². The van der Waals surface area contributed by atoms with Crippen LogP contribution in [-0.2, 0) is 20.9 Å². The van der Waals surface area contributed by atoms with Gasteiger partial charge in [0.15, 0.2) is 11.5 Å². The van der Waals surface area contributed by atoms with Crippen LogP contribution in [0.4, 0.5) is 19.8 Å². The Morgan fingerprint density at radius 3 is 2.42 bits per heavy atom. The van der Waals surface area contributed by atoms with Crippen molar-refractivity contribution < 1.29 is 33.0 Å². The molecule has 1 aromatic carbocycles. The maximum atomic E-state index is 13.2. The van der Waals surface area contributed by atoms with Crippen molar-refractivity contribution in [2.75, 3.05) is 31.5 Å². The van der Waals surface area contributed by atoms with Crippen molar-refractivity contribution in [1.29, 1.82) is 0 Å². The summed E-state index contributed by atoms with van der Waals surface area (Å²) in [5.41, 5.74) is 2.65. The molecule has 3 aromatic rings. The quantitative estimate of drug-likeness (QED) is 0.299. The monoisotopic (exact) mass is 689 g/mol. The third-order valence-corrected chi connectivity index (χ3v) is 10.2. The SMILES string of the molecule is C=C(F)C(=O)N1CC(OC(=O)N2C3CCC2CC(Nc2cc(O[C@@H]4CCCN(C(=O)OCc5ccccc5)C4)nc4c(C(C)C)cnn24)C3)C1. The summed E-state index contributed by atoms with van der Waals surface area (Å²) in [6.07, 6.45) is 5.18. The number of ether oxygens (including phenoxy) is 3. The number of fused-ring (bicyclic) bond motifs is 3. The molecule has 2 aromatic heterocycles. The molecule has 3 atom stereocenters. The van der Waals surface area contributed by atoms with Crippen LogP contribution >= 0.6 is 0 Å². The van der Waals surface area contributed by atoms with Crippen molar-refractivity contribution in [1.82, 2.24) is 29.3 Å². The number of rotatable bonds is 9. The normalized spacial score (nSPS) is 23.5. The van der Waals surface area contributed by atoms with Crippen molar-refractivity contribution >= 4 is 29.6 Å². The number of aromatic nitrogens is 3. The van der Waals surface area contributed by atoms with E-state index in [0.717, 1.165) is 55.5 Å². The summed E-state index contributed by atoms with van der Waals surface area (Å²) in [5.74, 6) is -0.378. The van der Waals surface area contributed by atoms with Gasteiger partial charge < -0.3 is 34.2 Å². The Balaban J connectivity index is 1.000. The fourth-order valence-electron chi connectivity index (χ4n) is 7.57. The first-order chi connectivity index (χ1) is 24.1. The lowest BCUT2D eigenvalue weighted by atomic mass is 9.97. The standard InChI is InChI=1S/C36H44FN7O6/c1-22(2)30-17-38-44-31(39-25-14-26-11-12-27(15-25)43(26)36(47)50-29-19-42(20-29)34(45)23(3)37)16-32(40-33(30)44)49-28-10-7-13-41(18-28)35(46)48-21-24-8-5-4-6-9-24/h4-6,8-9,16-17,22,25-29,39H,3,7,10-15,18-21H2,1-2H3/t25?,26?,27?,28-/m1/s1. The Kier molecular flexibility index (Phi) is 9.52. The lowest BCUT2D eigenvalue weighted by molar-refractivity contribution is -0.139. The number of hydrogen-bond donors (Lipinski definition) is 1. The summed E-state index contributed by atoms with van der Waals surface area (Å²) in [5, 5.41) is 8.37. The van der Waals surface area contributed by atoms with Crippen molar-refractivity contribution in [3.05, 3.63) is 66.1 Å². The Labute approximate surface area is 290 Å². The molecular formula is C36H44FN7O6. The molecule has 6 heterocycles. The topological polar surface area (TPSA) is 131 Å². The van der Waals surface area contributed by atoms with Gasteiger partial charge in [0.05, 0.1) is 25.8 Å². The molecule has 4 fully saturated rings. The zero-order valence-electron chi connectivity index (χ0n) is 28.5. The minimum atomic E-state index is -1.01. The summed E-state index contributed by atoms with van der Waals surface area (Å²) in [6.45, 7) is 8.81. The fourth-order valence-corrected chi connectivity index (χ4v) is 7.57. The van der Waals surface area contributed by atoms with Gasteiger partial charge in [0.1, 0.15) is 24.6 Å². The molecule has 2 bridgehead atoms. The summed E-state index contributed by atoms with van der Waals surface area (Å²) >= 11 is 0. The number of likely N-dealkylation sites (tertiary alicyclic amines) is 2. The highest BCUT2D eigenvalue weighted by Gasteiger charge is 2.46. The van der Waals surface area contributed by atoms with Crippen LogP contribution in [0.3, 0.4) is 0 Å². The predicted octanol–water partition coefficient (Wildman–Crippen LogP) is 5.27. The maximum absolute atomic E-state index is 13.2. The van der Waals surface area contributed by atoms with Crippen molar-refractivity contribution in [2.24, 2.45) is 0 Å². The lowest BCUT2D eigenvalue weighted by Gasteiger charge is -2.42. The highest BCUT2D eigenvalue weighted by molar-refractivity contribution is 5.91. The van der Waals surface area contributed by atoms with Crippen molar-refractivity contribution in [2.45, 2.75) is 95.2 Å². The van der Waals surface area contributed by atoms with Crippen molar-refractivity contribution in [3.8, 4) is 5.88 Å². The van der Waals surface area contributed by atoms with E-state index in [1.165, 1.54) is 4.90 Å². The second-order valence-corrected chi connectivity index (χ2v) is 14.1. The van der Waals surface area contributed by atoms with Gasteiger partial charge in [-0.25, -0.2) is 14.0 Å². The number of hydrogen-bond acceptors (Lipinski definition) is 9. The number of amides is 3. The Morgan fingerprint density at radius 1 is 1.00 bits per heavy atom. The average Bonchev–Trinajstić information content (AvgIpc) is 3.64. The minimum absolute atomic E-state index is 0.00828. The molecule has 266 valence electrons. The molecule has 0 spiro atoms. The van der Waals surface area contributed by atoms with E-state index in [1.54, 1.807) is 4.90 Å². The van der Waals surface area contributed by atoms with Crippen LogP contribution in [0.15, 0.2) is 55.0 Å². The molecule has 1 N–H and O–H groups in total. The molecular weight excluding hydrogens is 645 g/mol. The first-order valence-corrected chi connectivity index (χ1v) is 17.5. The van der Waals surface area contributed by atoms with E-state index in [2.05, 4.69) is 30.8 Å². The van der Waals surface area contributed by atoms with Gasteiger partial charge in [-0.1, -0.05) is 50.8 Å². The number of nitrogens with one attached hydrogen (secondary N) is 1. The van der Waals surface area contributed by atoms with E-state index in [1.807, 2.05) is 52.0 Å². The third-order valence-electron chi connectivity index (χ3n) is 10.2. The summed E-state index contributed by atoms with van der Waals surface area (Å²) < 4.78 is 32.7. The van der Waals surface area contributed by atoms with Gasteiger partial charge in [-0.3, -0.25) is 4.79 Å². The van der Waals surface area contributed by atoms with E-state index in [9.17, 15) is 18.8 Å². The number of anilines is 1. The van der Waals surface area contributed by atoms with Crippen LogP contribution in [-0.4, -0.2) is 104 Å². The highest BCUT2D eigenvalue weighted by atomic mass is 19.1. The Bertz CT molecular complexity index is 1730. The van der Waals surface area contributed by atoms with E-state index in [-0.39, 0.29) is 62.0 Å². The summed E-state index contributed by atoms with van der Waals surface area (Å²) in [7, 11) is 0. The third kappa shape index (κ3) is 7.06. The molecule has 50 heavy (non-hydrogen) atoms. The molecule has 13 nitrogen and oxygen atoms in total. The molecule has 2 unspecified atom stereocenters. The lowest BCUT2D eigenvalue weighted by Crippen LogP contribution is -2.58. The van der Waals surface area contributed by atoms with E-state index < -0.39 is 17.8 Å². The number of carbonyl (C=O) groups excluding carboxylic acids is 3. The van der Waals surface area contributed by atoms with Gasteiger partial charge in [0.25, 0.3) is 5.91 Å². The van der Waals surface area contributed by atoms with E-state index in [4.69, 9.17) is 19.2 Å². The Hall–Kier alpha value is -4.88. The summed E-state index contributed by atoms with van der Waals surface area (Å²) in [4.78, 5) is 47.6. The van der Waals surface area contributed by atoms with Crippen LogP contribution in [0, 0.1) is 0 Å². The number of piperidine rings is 2. The fraction of sp³-hybridized carbons (Fsp3) is 0.528. The zero-order valence-corrected chi connectivity index (χ0v) is 28.5. The zero-order chi connectivity index (χ0) is 34.9. The molecule has 14 heteroatoms. The molecule has 3 amide bonds. The first-order valence-electron chi connectivity index (χ1n) is 17.5. The van der Waals surface area contributed by atoms with Crippen LogP contribution in [0.1, 0.15) is 69.4 Å². The van der Waals surface area contributed by atoms with Gasteiger partial charge in [0, 0.05) is 36.3 Å². The molecule has 0 radical (unpaired) electrons. The molecule has 4 aliphatic heterocycles. The van der Waals surface area contributed by atoms with Gasteiger partial charge >= 0.3 is 12.2 Å². The van der Waals surface area contributed by atoms with E-state index >= 15 is 0 Å². The Morgan fingerprint density at radius 2 is 1.72 bits per heavy atom. The van der Waals surface area contributed by atoms with Crippen LogP contribution in [0.5, 0.6) is 5.88 Å². The largest absolute Gasteiger partial charge is 0.472 e. The molecule has 7 rings (SSSR count). The van der Waals surface area contributed by atoms with E-state index in [0.29, 0.717) is 24.6 Å². The first kappa shape index (κ1) is 33.6. The van der Waals surface area contributed by atoms with Crippen LogP contribution in [0.25, 0.3) is 5.65 Å². The predicted molar refractivity (Wildman–Crippen MR) is 181 cm³/mol. The van der Waals surface area contributed by atoms with Crippen LogP contribution < -0.4 is 10.1 Å². The molecule has 0 saturated carbocycles. The smallest absolute Gasteiger partial charge is 0.410 e.